The molecule has 0 spiro atoms. The van der Waals surface area contributed by atoms with Crippen molar-refractivity contribution in [2.24, 2.45) is 11.7 Å². The number of benzene rings is 1. The van der Waals surface area contributed by atoms with Gasteiger partial charge in [0.05, 0.1) is 17.4 Å². The maximum absolute atomic E-state index is 13.3. The number of urea groups is 1. The molecule has 1 aliphatic heterocycles. The van der Waals surface area contributed by atoms with E-state index < -0.39 is 6.03 Å². The molecule has 170 valence electrons. The lowest BCUT2D eigenvalue weighted by molar-refractivity contribution is 0.0896. The highest BCUT2D eigenvalue weighted by atomic mass is 19.1. The van der Waals surface area contributed by atoms with E-state index in [1.807, 2.05) is 6.92 Å². The van der Waals surface area contributed by atoms with E-state index in [0.717, 1.165) is 19.1 Å². The van der Waals surface area contributed by atoms with Gasteiger partial charge < -0.3 is 26.3 Å². The number of nitrogens with zero attached hydrogens (tertiary/aromatic N) is 3. The number of carbonyl (C=O) groups is 2. The highest BCUT2D eigenvalue weighted by molar-refractivity contribution is 6.05. The summed E-state index contributed by atoms with van der Waals surface area (Å²) in [6.45, 7) is 3.13. The first-order chi connectivity index (χ1) is 15.3. The monoisotopic (exact) mass is 440 g/mol. The van der Waals surface area contributed by atoms with E-state index in [1.165, 1.54) is 18.3 Å². The van der Waals surface area contributed by atoms with Crippen LogP contribution in [0.1, 0.15) is 42.1 Å². The summed E-state index contributed by atoms with van der Waals surface area (Å²) in [5, 5.41) is 11.0. The quantitative estimate of drug-likeness (QED) is 0.573. The number of likely N-dealkylation sites (tertiary alicyclic amines) is 1. The molecule has 3 amide bonds. The number of nitrogens with two attached hydrogens (primary N) is 1. The van der Waals surface area contributed by atoms with Crippen LogP contribution in [-0.4, -0.2) is 54.2 Å². The van der Waals surface area contributed by atoms with Gasteiger partial charge >= 0.3 is 6.03 Å². The number of nitrogens with one attached hydrogen (secondary N) is 2. The zero-order chi connectivity index (χ0) is 23.3. The van der Waals surface area contributed by atoms with Gasteiger partial charge in [-0.1, -0.05) is 6.92 Å². The number of hydrogen-bond acceptors (Lipinski definition) is 5. The Hall–Kier alpha value is -3.49. The number of aromatic nitrogens is 1. The number of rotatable bonds is 7. The van der Waals surface area contributed by atoms with Gasteiger partial charge in [-0.05, 0) is 49.4 Å². The van der Waals surface area contributed by atoms with Crippen molar-refractivity contribution < 1.29 is 14.0 Å². The Balaban J connectivity index is 1.83. The molecule has 32 heavy (non-hydrogen) atoms. The Labute approximate surface area is 187 Å². The zero-order valence-electron chi connectivity index (χ0n) is 18.3. The molecule has 8 nitrogen and oxygen atoms in total. The second-order valence-corrected chi connectivity index (χ2v) is 7.97. The largest absolute Gasteiger partial charge is 0.351 e. The highest BCUT2D eigenvalue weighted by Crippen LogP contribution is 2.28. The smallest absolute Gasteiger partial charge is 0.314 e. The number of hydrogen-bond donors (Lipinski definition) is 3. The molecule has 0 radical (unpaired) electrons. The summed E-state index contributed by atoms with van der Waals surface area (Å²) in [5.74, 6) is -0.566. The van der Waals surface area contributed by atoms with Gasteiger partial charge in [0.2, 0.25) is 0 Å². The van der Waals surface area contributed by atoms with E-state index in [-0.39, 0.29) is 29.2 Å². The third-order valence-corrected chi connectivity index (χ3v) is 6.03. The van der Waals surface area contributed by atoms with Gasteiger partial charge in [0.1, 0.15) is 5.82 Å². The zero-order valence-corrected chi connectivity index (χ0v) is 18.3. The van der Waals surface area contributed by atoms with Crippen LogP contribution in [0.2, 0.25) is 0 Å². The van der Waals surface area contributed by atoms with E-state index in [1.54, 1.807) is 35.2 Å². The Morgan fingerprint density at radius 2 is 2.09 bits per heavy atom. The molecule has 1 fully saturated rings. The van der Waals surface area contributed by atoms with Gasteiger partial charge in [0, 0.05) is 49.8 Å². The van der Waals surface area contributed by atoms with Gasteiger partial charge in [0.25, 0.3) is 5.91 Å². The molecular formula is C23H29FN6O2. The summed E-state index contributed by atoms with van der Waals surface area (Å²) < 4.78 is 13.3. The number of piperidine rings is 1. The van der Waals surface area contributed by atoms with Gasteiger partial charge in [-0.25, -0.2) is 9.18 Å². The summed E-state index contributed by atoms with van der Waals surface area (Å²) in [6, 6.07) is 5.37. The first-order valence-corrected chi connectivity index (χ1v) is 10.7. The molecule has 2 unspecified atom stereocenters. The fourth-order valence-corrected chi connectivity index (χ4v) is 4.20. The van der Waals surface area contributed by atoms with Crippen LogP contribution in [0.5, 0.6) is 0 Å². The molecule has 2 aromatic rings. The predicted molar refractivity (Wildman–Crippen MR) is 122 cm³/mol. The molecule has 2 heterocycles. The first kappa shape index (κ1) is 23.2. The van der Waals surface area contributed by atoms with Crippen molar-refractivity contribution >= 4 is 29.5 Å². The fourth-order valence-electron chi connectivity index (χ4n) is 4.20. The standard InChI is InChI=1S/C23H29FN6O2/c1-3-20(15-5-4-10-30(14-15)23(26)32)28-22(31)19-12-27-13-21(18(19)11-25)29(2)17-8-6-16(24)7-9-17/h6-9,11-13,15,20,25H,3-5,10,14H2,1-2H3,(H2,26,32)(H,28,31). The molecule has 1 aromatic heterocycles. The molecule has 0 saturated carbocycles. The molecule has 0 aliphatic carbocycles. The molecular weight excluding hydrogens is 411 g/mol. The summed E-state index contributed by atoms with van der Waals surface area (Å²) in [7, 11) is 1.77. The van der Waals surface area contributed by atoms with Crippen molar-refractivity contribution in [1.82, 2.24) is 15.2 Å². The Morgan fingerprint density at radius 3 is 2.72 bits per heavy atom. The predicted octanol–water partition coefficient (Wildman–Crippen LogP) is 3.29. The van der Waals surface area contributed by atoms with E-state index in [4.69, 9.17) is 11.1 Å². The summed E-state index contributed by atoms with van der Waals surface area (Å²) in [4.78, 5) is 32.3. The minimum atomic E-state index is -0.442. The number of pyridine rings is 1. The normalized spacial score (nSPS) is 16.8. The molecule has 3 rings (SSSR count). The first-order valence-electron chi connectivity index (χ1n) is 10.7. The summed E-state index contributed by atoms with van der Waals surface area (Å²) in [6.07, 6.45) is 6.58. The lowest BCUT2D eigenvalue weighted by Crippen LogP contribution is -2.50. The van der Waals surface area contributed by atoms with Crippen LogP contribution in [0.3, 0.4) is 0 Å². The van der Waals surface area contributed by atoms with Crippen molar-refractivity contribution in [1.29, 1.82) is 5.41 Å². The minimum Gasteiger partial charge on any atom is -0.351 e. The number of anilines is 2. The fraction of sp³-hybridized carbons (Fsp3) is 0.391. The molecule has 4 N–H and O–H groups in total. The SMILES string of the molecule is CCC(NC(=O)c1cncc(N(C)c2ccc(F)cc2)c1C=N)C1CCCN(C(N)=O)C1. The maximum Gasteiger partial charge on any atom is 0.314 e. The molecule has 1 saturated heterocycles. The van der Waals surface area contributed by atoms with Crippen molar-refractivity contribution in [3.05, 3.63) is 53.6 Å². The number of halogens is 1. The summed E-state index contributed by atoms with van der Waals surface area (Å²) in [5.41, 5.74) is 7.41. The van der Waals surface area contributed by atoms with Crippen molar-refractivity contribution in [3.63, 3.8) is 0 Å². The highest BCUT2D eigenvalue weighted by Gasteiger charge is 2.29. The van der Waals surface area contributed by atoms with Crippen LogP contribution in [-0.2, 0) is 0 Å². The average Bonchev–Trinajstić information content (AvgIpc) is 2.81. The molecule has 0 bridgehead atoms. The second kappa shape index (κ2) is 10.2. The van der Waals surface area contributed by atoms with Gasteiger partial charge in [-0.15, -0.1) is 0 Å². The van der Waals surface area contributed by atoms with E-state index in [0.29, 0.717) is 36.4 Å². The maximum atomic E-state index is 13.3. The Kier molecular flexibility index (Phi) is 7.40. The number of amides is 3. The van der Waals surface area contributed by atoms with Gasteiger partial charge in [-0.2, -0.15) is 0 Å². The average molecular weight is 441 g/mol. The van der Waals surface area contributed by atoms with Crippen molar-refractivity contribution in [3.8, 4) is 0 Å². The van der Waals surface area contributed by atoms with E-state index in [2.05, 4.69) is 10.3 Å². The van der Waals surface area contributed by atoms with Crippen molar-refractivity contribution in [2.75, 3.05) is 25.0 Å². The topological polar surface area (TPSA) is 115 Å². The lowest BCUT2D eigenvalue weighted by Gasteiger charge is -2.36. The van der Waals surface area contributed by atoms with E-state index in [9.17, 15) is 14.0 Å². The molecule has 2 atom stereocenters. The van der Waals surface area contributed by atoms with Crippen LogP contribution in [0.15, 0.2) is 36.7 Å². The van der Waals surface area contributed by atoms with Crippen LogP contribution >= 0.6 is 0 Å². The third kappa shape index (κ3) is 5.04. The van der Waals surface area contributed by atoms with Crippen molar-refractivity contribution in [2.45, 2.75) is 32.2 Å². The molecule has 9 heteroatoms. The number of carbonyl (C=O) groups excluding carboxylic acids is 2. The van der Waals surface area contributed by atoms with E-state index >= 15 is 0 Å². The number of primary amides is 1. The van der Waals surface area contributed by atoms with Crippen LogP contribution in [0.4, 0.5) is 20.6 Å². The second-order valence-electron chi connectivity index (χ2n) is 7.97. The van der Waals surface area contributed by atoms with Gasteiger partial charge in [0.15, 0.2) is 0 Å². The lowest BCUT2D eigenvalue weighted by atomic mass is 9.89. The Morgan fingerprint density at radius 1 is 1.38 bits per heavy atom. The van der Waals surface area contributed by atoms with Crippen LogP contribution < -0.4 is 16.0 Å². The Bertz CT molecular complexity index is 981. The summed E-state index contributed by atoms with van der Waals surface area (Å²) >= 11 is 0. The molecule has 1 aromatic carbocycles. The minimum absolute atomic E-state index is 0.103. The van der Waals surface area contributed by atoms with Crippen LogP contribution in [0.25, 0.3) is 0 Å². The third-order valence-electron chi connectivity index (χ3n) is 6.03. The molecule has 1 aliphatic rings. The van der Waals surface area contributed by atoms with Crippen LogP contribution in [0, 0.1) is 17.1 Å². The van der Waals surface area contributed by atoms with Gasteiger partial charge in [-0.3, -0.25) is 9.78 Å².